The first-order valence-electron chi connectivity index (χ1n) is 5.73. The largest absolute Gasteiger partial charge is 0.379 e. The lowest BCUT2D eigenvalue weighted by Crippen LogP contribution is -2.14. The highest BCUT2D eigenvalue weighted by Crippen LogP contribution is 2.14. The van der Waals surface area contributed by atoms with Crippen LogP contribution in [-0.2, 0) is 0 Å². The van der Waals surface area contributed by atoms with Crippen LogP contribution < -0.4 is 11.1 Å². The van der Waals surface area contributed by atoms with Gasteiger partial charge in [-0.05, 0) is 40.6 Å². The molecule has 2 heterocycles. The zero-order valence-electron chi connectivity index (χ0n) is 10.2. The summed E-state index contributed by atoms with van der Waals surface area (Å²) in [5.41, 5.74) is 6.89. The van der Waals surface area contributed by atoms with E-state index in [1.807, 2.05) is 24.4 Å². The topological polar surface area (TPSA) is 112 Å². The Hall–Kier alpha value is -3.16. The maximum atomic E-state index is 11.8. The van der Waals surface area contributed by atoms with Crippen molar-refractivity contribution >= 4 is 17.4 Å². The molecule has 0 spiro atoms. The molecule has 0 unspecified atom stereocenters. The van der Waals surface area contributed by atoms with E-state index >= 15 is 0 Å². The third-order valence-corrected chi connectivity index (χ3v) is 2.62. The van der Waals surface area contributed by atoms with E-state index in [1.54, 1.807) is 23.0 Å². The normalized spacial score (nSPS) is 10.4. The van der Waals surface area contributed by atoms with Gasteiger partial charge in [0, 0.05) is 18.1 Å². The Morgan fingerprint density at radius 1 is 1.25 bits per heavy atom. The van der Waals surface area contributed by atoms with Gasteiger partial charge in [0.05, 0.1) is 5.69 Å². The molecule has 3 aromatic rings. The predicted molar refractivity (Wildman–Crippen MR) is 70.2 cm³/mol. The lowest BCUT2D eigenvalue weighted by molar-refractivity contribution is 0.101. The fraction of sp³-hybridized carbons (Fsp3) is 0. The van der Waals surface area contributed by atoms with E-state index in [0.717, 1.165) is 5.69 Å². The third-order valence-electron chi connectivity index (χ3n) is 2.62. The van der Waals surface area contributed by atoms with Gasteiger partial charge in [0.15, 0.2) is 0 Å². The Morgan fingerprint density at radius 2 is 2.05 bits per heavy atom. The van der Waals surface area contributed by atoms with Crippen LogP contribution in [-0.4, -0.2) is 26.0 Å². The Morgan fingerprint density at radius 3 is 2.65 bits per heavy atom. The number of nitrogens with zero attached hydrogens (tertiary/aromatic N) is 4. The van der Waals surface area contributed by atoms with Gasteiger partial charge >= 0.3 is 0 Å². The summed E-state index contributed by atoms with van der Waals surface area (Å²) >= 11 is 0. The monoisotopic (exact) mass is 270 g/mol. The zero-order valence-corrected chi connectivity index (χ0v) is 10.2. The second-order valence-electron chi connectivity index (χ2n) is 3.95. The Kier molecular flexibility index (Phi) is 2.88. The van der Waals surface area contributed by atoms with E-state index in [-0.39, 0.29) is 11.5 Å². The van der Waals surface area contributed by atoms with Crippen molar-refractivity contribution in [3.8, 4) is 5.69 Å². The van der Waals surface area contributed by atoms with Crippen LogP contribution >= 0.6 is 0 Å². The molecule has 0 aliphatic heterocycles. The van der Waals surface area contributed by atoms with Gasteiger partial charge in [-0.25, -0.2) is 9.31 Å². The molecule has 3 rings (SSSR count). The molecule has 0 aliphatic carbocycles. The number of benzene rings is 1. The number of nitrogens with two attached hydrogens (primary N) is 1. The number of carbonyl (C=O) groups excluding carboxylic acids is 1. The lowest BCUT2D eigenvalue weighted by atomic mass is 10.2. The number of rotatable bonds is 3. The van der Waals surface area contributed by atoms with Gasteiger partial charge in [-0.2, -0.15) is 5.10 Å². The number of aromatic nitrogens is 4. The molecule has 1 aromatic carbocycles. The van der Waals surface area contributed by atoms with Crippen molar-refractivity contribution in [2.75, 3.05) is 11.1 Å². The molecule has 1 amide bonds. The first-order valence-corrected chi connectivity index (χ1v) is 5.73. The summed E-state index contributed by atoms with van der Waals surface area (Å²) in [4.78, 5) is 11.8. The van der Waals surface area contributed by atoms with Crippen molar-refractivity contribution in [3.63, 3.8) is 0 Å². The van der Waals surface area contributed by atoms with Crippen LogP contribution in [0.2, 0.25) is 0 Å². The average Bonchev–Trinajstić information content (AvgIpc) is 3.10. The molecule has 0 atom stereocenters. The lowest BCUT2D eigenvalue weighted by Gasteiger charge is -2.05. The first-order chi connectivity index (χ1) is 9.74. The summed E-state index contributed by atoms with van der Waals surface area (Å²) in [6.45, 7) is 0. The number of hydrogen-bond acceptors (Lipinski definition) is 6. The Bertz CT molecular complexity index is 717. The minimum Gasteiger partial charge on any atom is -0.379 e. The molecule has 20 heavy (non-hydrogen) atoms. The summed E-state index contributed by atoms with van der Waals surface area (Å²) in [5, 5.41) is 13.5. The van der Waals surface area contributed by atoms with E-state index in [0.29, 0.717) is 5.69 Å². The van der Waals surface area contributed by atoms with E-state index in [2.05, 4.69) is 25.4 Å². The molecule has 0 fully saturated rings. The number of carbonyl (C=O) groups is 1. The second-order valence-corrected chi connectivity index (χ2v) is 3.95. The second kappa shape index (κ2) is 4.84. The van der Waals surface area contributed by atoms with Gasteiger partial charge in [0.25, 0.3) is 5.91 Å². The van der Waals surface area contributed by atoms with Gasteiger partial charge in [-0.1, -0.05) is 0 Å². The molecule has 0 bridgehead atoms. The molecule has 0 radical (unpaired) electrons. The van der Waals surface area contributed by atoms with Crippen molar-refractivity contribution < 1.29 is 9.42 Å². The highest BCUT2D eigenvalue weighted by molar-refractivity contribution is 6.05. The molecule has 0 saturated carbocycles. The molecule has 8 nitrogen and oxygen atoms in total. The minimum atomic E-state index is -0.476. The third kappa shape index (κ3) is 2.21. The maximum Gasteiger partial charge on any atom is 0.281 e. The van der Waals surface area contributed by atoms with Crippen molar-refractivity contribution in [1.29, 1.82) is 0 Å². The summed E-state index contributed by atoms with van der Waals surface area (Å²) in [6, 6.07) is 8.98. The van der Waals surface area contributed by atoms with Crippen LogP contribution in [0.4, 0.5) is 11.5 Å². The molecule has 2 aromatic heterocycles. The van der Waals surface area contributed by atoms with Gasteiger partial charge in [-0.3, -0.25) is 4.79 Å². The minimum absolute atomic E-state index is 0.0406. The van der Waals surface area contributed by atoms with Crippen LogP contribution in [0.5, 0.6) is 0 Å². The quantitative estimate of drug-likeness (QED) is 0.736. The van der Waals surface area contributed by atoms with Crippen molar-refractivity contribution in [3.05, 3.63) is 48.4 Å². The Balaban J connectivity index is 1.76. The van der Waals surface area contributed by atoms with Crippen LogP contribution in [0.1, 0.15) is 10.5 Å². The highest BCUT2D eigenvalue weighted by Gasteiger charge is 2.15. The van der Waals surface area contributed by atoms with Crippen LogP contribution in [0.3, 0.4) is 0 Å². The van der Waals surface area contributed by atoms with Crippen molar-refractivity contribution in [2.24, 2.45) is 0 Å². The van der Waals surface area contributed by atoms with E-state index in [4.69, 9.17) is 5.73 Å². The molecule has 8 heteroatoms. The first kappa shape index (κ1) is 11.9. The summed E-state index contributed by atoms with van der Waals surface area (Å²) in [5.74, 6) is -0.522. The average molecular weight is 270 g/mol. The van der Waals surface area contributed by atoms with E-state index < -0.39 is 5.91 Å². The number of anilines is 2. The molecule has 0 saturated heterocycles. The Labute approximate surface area is 113 Å². The van der Waals surface area contributed by atoms with Crippen LogP contribution in [0.15, 0.2) is 47.4 Å². The summed E-state index contributed by atoms with van der Waals surface area (Å²) in [6.07, 6.45) is 3.52. The summed E-state index contributed by atoms with van der Waals surface area (Å²) < 4.78 is 6.09. The van der Waals surface area contributed by atoms with Crippen molar-refractivity contribution in [1.82, 2.24) is 20.1 Å². The number of nitrogen functional groups attached to an aromatic ring is 1. The van der Waals surface area contributed by atoms with Crippen LogP contribution in [0.25, 0.3) is 5.69 Å². The zero-order chi connectivity index (χ0) is 13.9. The molecule has 0 aliphatic rings. The number of nitrogens with one attached hydrogen (secondary N) is 1. The fourth-order valence-electron chi connectivity index (χ4n) is 1.66. The molecule has 100 valence electrons. The van der Waals surface area contributed by atoms with Gasteiger partial charge < -0.3 is 11.1 Å². The SMILES string of the molecule is Nc1nonc1C(=O)Nc1ccc(-n2cccn2)cc1. The highest BCUT2D eigenvalue weighted by atomic mass is 16.6. The summed E-state index contributed by atoms with van der Waals surface area (Å²) in [7, 11) is 0. The number of amides is 1. The predicted octanol–water partition coefficient (Wildman–Crippen LogP) is 1.09. The van der Waals surface area contributed by atoms with Crippen LogP contribution in [0, 0.1) is 0 Å². The van der Waals surface area contributed by atoms with Gasteiger partial charge in [0.1, 0.15) is 0 Å². The van der Waals surface area contributed by atoms with Crippen molar-refractivity contribution in [2.45, 2.75) is 0 Å². The van der Waals surface area contributed by atoms with E-state index in [1.165, 1.54) is 0 Å². The maximum absolute atomic E-state index is 11.8. The fourth-order valence-corrected chi connectivity index (χ4v) is 1.66. The van der Waals surface area contributed by atoms with Gasteiger partial charge in [-0.15, -0.1) is 0 Å². The standard InChI is InChI=1S/C12H10N6O2/c13-11-10(16-20-17-11)12(19)15-8-2-4-9(5-3-8)18-7-1-6-14-18/h1-7H,(H2,13,17)(H,15,19). The molecule has 3 N–H and O–H groups in total. The smallest absolute Gasteiger partial charge is 0.281 e. The molecular formula is C12H10N6O2. The number of hydrogen-bond donors (Lipinski definition) is 2. The molecular weight excluding hydrogens is 260 g/mol. The van der Waals surface area contributed by atoms with Gasteiger partial charge in [0.2, 0.25) is 11.5 Å². The van der Waals surface area contributed by atoms with E-state index in [9.17, 15) is 4.79 Å².